The van der Waals surface area contributed by atoms with Gasteiger partial charge in [-0.25, -0.2) is 4.79 Å². The minimum atomic E-state index is -1.37. The maximum atomic E-state index is 12.3. The number of carbonyl (C=O) groups excluding carboxylic acids is 2. The molecule has 0 bridgehead atoms. The fraction of sp³-hybridized carbons (Fsp3) is 0.786. The lowest BCUT2D eigenvalue weighted by Crippen LogP contribution is -2.55. The average molecular weight is 300 g/mol. The van der Waals surface area contributed by atoms with Crippen molar-refractivity contribution in [3.63, 3.8) is 0 Å². The van der Waals surface area contributed by atoms with Crippen molar-refractivity contribution < 1.29 is 24.6 Å². The van der Waals surface area contributed by atoms with Crippen molar-refractivity contribution in [2.24, 2.45) is 5.41 Å². The molecule has 1 aliphatic heterocycles. The Morgan fingerprint density at radius 2 is 1.86 bits per heavy atom. The first-order chi connectivity index (χ1) is 9.55. The van der Waals surface area contributed by atoms with Crippen molar-refractivity contribution in [3.05, 3.63) is 0 Å². The second-order valence-electron chi connectivity index (χ2n) is 6.47. The Morgan fingerprint density at radius 1 is 1.29 bits per heavy atom. The van der Waals surface area contributed by atoms with Crippen molar-refractivity contribution in [1.29, 1.82) is 0 Å². The van der Waals surface area contributed by atoms with Crippen molar-refractivity contribution in [2.45, 2.75) is 58.7 Å². The Hall–Kier alpha value is -1.63. The number of carbonyl (C=O) groups is 3. The van der Waals surface area contributed by atoms with Crippen LogP contribution in [0.25, 0.3) is 0 Å². The van der Waals surface area contributed by atoms with Crippen molar-refractivity contribution >= 4 is 17.8 Å². The molecule has 0 spiro atoms. The molecule has 0 aromatic carbocycles. The third kappa shape index (κ3) is 4.17. The first kappa shape index (κ1) is 17.4. The first-order valence-corrected chi connectivity index (χ1v) is 7.08. The van der Waals surface area contributed by atoms with Crippen LogP contribution in [0, 0.1) is 5.41 Å². The average Bonchev–Trinajstić information content (AvgIpc) is 2.81. The molecule has 120 valence electrons. The molecule has 1 fully saturated rings. The van der Waals surface area contributed by atoms with E-state index in [1.165, 1.54) is 11.8 Å². The largest absolute Gasteiger partial charge is 0.480 e. The van der Waals surface area contributed by atoms with Crippen LogP contribution in [-0.2, 0) is 14.4 Å². The number of amides is 2. The predicted octanol–water partition coefficient (Wildman–Crippen LogP) is -0.0263. The Kier molecular flexibility index (Phi) is 5.33. The van der Waals surface area contributed by atoms with Crippen LogP contribution >= 0.6 is 0 Å². The minimum Gasteiger partial charge on any atom is -0.480 e. The van der Waals surface area contributed by atoms with Gasteiger partial charge in [-0.05, 0) is 19.8 Å². The van der Waals surface area contributed by atoms with Gasteiger partial charge < -0.3 is 20.4 Å². The Labute approximate surface area is 124 Å². The number of aliphatic hydroxyl groups is 1. The van der Waals surface area contributed by atoms with Gasteiger partial charge in [0.15, 0.2) is 6.04 Å². The van der Waals surface area contributed by atoms with Crippen LogP contribution in [0.4, 0.5) is 0 Å². The zero-order chi connectivity index (χ0) is 16.4. The highest BCUT2D eigenvalue weighted by Crippen LogP contribution is 2.25. The summed E-state index contributed by atoms with van der Waals surface area (Å²) in [6.45, 7) is 7.11. The molecule has 7 heteroatoms. The molecule has 1 heterocycles. The van der Waals surface area contributed by atoms with Gasteiger partial charge in [-0.2, -0.15) is 0 Å². The van der Waals surface area contributed by atoms with Gasteiger partial charge in [0.25, 0.3) is 0 Å². The van der Waals surface area contributed by atoms with E-state index in [0.717, 1.165) is 0 Å². The fourth-order valence-corrected chi connectivity index (χ4v) is 2.35. The smallest absolute Gasteiger partial charge is 0.328 e. The normalized spacial score (nSPS) is 21.8. The van der Waals surface area contributed by atoms with Crippen molar-refractivity contribution in [3.8, 4) is 0 Å². The van der Waals surface area contributed by atoms with E-state index in [4.69, 9.17) is 5.11 Å². The summed E-state index contributed by atoms with van der Waals surface area (Å²) in [7, 11) is 0. The molecule has 0 radical (unpaired) electrons. The van der Waals surface area contributed by atoms with E-state index in [9.17, 15) is 19.5 Å². The molecular formula is C14H24N2O5. The van der Waals surface area contributed by atoms with Crippen molar-refractivity contribution in [2.75, 3.05) is 6.54 Å². The Balaban J connectivity index is 2.81. The Bertz CT molecular complexity index is 428. The van der Waals surface area contributed by atoms with E-state index in [-0.39, 0.29) is 5.91 Å². The predicted molar refractivity (Wildman–Crippen MR) is 75.4 cm³/mol. The molecule has 1 unspecified atom stereocenters. The summed E-state index contributed by atoms with van der Waals surface area (Å²) < 4.78 is 0. The van der Waals surface area contributed by atoms with Gasteiger partial charge in [0.2, 0.25) is 11.8 Å². The van der Waals surface area contributed by atoms with Crippen molar-refractivity contribution in [1.82, 2.24) is 10.2 Å². The summed E-state index contributed by atoms with van der Waals surface area (Å²) in [4.78, 5) is 37.0. The molecule has 1 saturated heterocycles. The summed E-state index contributed by atoms with van der Waals surface area (Å²) >= 11 is 0. The third-order valence-electron chi connectivity index (χ3n) is 3.50. The molecule has 0 aliphatic carbocycles. The number of likely N-dealkylation sites (tertiary alicyclic amines) is 1. The second-order valence-corrected chi connectivity index (χ2v) is 6.47. The molecule has 7 nitrogen and oxygen atoms in total. The van der Waals surface area contributed by atoms with Crippen LogP contribution in [0.2, 0.25) is 0 Å². The molecule has 0 aromatic heterocycles. The van der Waals surface area contributed by atoms with Gasteiger partial charge in [-0.15, -0.1) is 0 Å². The van der Waals surface area contributed by atoms with E-state index in [1.54, 1.807) is 20.8 Å². The fourth-order valence-electron chi connectivity index (χ4n) is 2.35. The maximum absolute atomic E-state index is 12.3. The molecule has 0 saturated carbocycles. The van der Waals surface area contributed by atoms with E-state index in [1.807, 2.05) is 0 Å². The second kappa shape index (κ2) is 6.43. The van der Waals surface area contributed by atoms with E-state index in [2.05, 4.69) is 5.32 Å². The summed E-state index contributed by atoms with van der Waals surface area (Å²) in [6, 6.07) is -2.04. The van der Waals surface area contributed by atoms with Crippen LogP contribution in [0.5, 0.6) is 0 Å². The number of nitrogens with zero attached hydrogens (tertiary/aromatic N) is 1. The van der Waals surface area contributed by atoms with Gasteiger partial charge in [-0.3, -0.25) is 9.59 Å². The molecule has 1 rings (SSSR count). The highest BCUT2D eigenvalue weighted by molar-refractivity contribution is 5.92. The van der Waals surface area contributed by atoms with E-state index < -0.39 is 35.5 Å². The number of rotatable bonds is 4. The van der Waals surface area contributed by atoms with E-state index >= 15 is 0 Å². The van der Waals surface area contributed by atoms with Gasteiger partial charge in [0.1, 0.15) is 6.04 Å². The van der Waals surface area contributed by atoms with Gasteiger partial charge in [-0.1, -0.05) is 20.8 Å². The quantitative estimate of drug-likeness (QED) is 0.676. The monoisotopic (exact) mass is 300 g/mol. The van der Waals surface area contributed by atoms with Crippen LogP contribution in [-0.4, -0.2) is 57.6 Å². The molecule has 2 amide bonds. The number of carboxylic acid groups (broad SMARTS) is 1. The molecule has 3 N–H and O–H groups in total. The standard InChI is InChI=1S/C14H24N2O5/c1-8(17)10(12(19)20)15-11(18)9-6-5-7-16(9)13(21)14(2,3)4/h8-10,17H,5-7H2,1-4H3,(H,15,18)(H,19,20)/t8-,9?,10+/m1/s1. The summed E-state index contributed by atoms with van der Waals surface area (Å²) in [6.07, 6.45) is -0.00816. The number of hydrogen-bond donors (Lipinski definition) is 3. The zero-order valence-corrected chi connectivity index (χ0v) is 12.9. The number of aliphatic carboxylic acids is 1. The number of nitrogens with one attached hydrogen (secondary N) is 1. The zero-order valence-electron chi connectivity index (χ0n) is 12.9. The Morgan fingerprint density at radius 3 is 2.29 bits per heavy atom. The first-order valence-electron chi connectivity index (χ1n) is 7.08. The lowest BCUT2D eigenvalue weighted by molar-refractivity contribution is -0.148. The van der Waals surface area contributed by atoms with Crippen LogP contribution < -0.4 is 5.32 Å². The van der Waals surface area contributed by atoms with Crippen LogP contribution in [0.3, 0.4) is 0 Å². The maximum Gasteiger partial charge on any atom is 0.328 e. The SMILES string of the molecule is C[C@@H](O)[C@H](NC(=O)C1CCCN1C(=O)C(C)(C)C)C(=O)O. The van der Waals surface area contributed by atoms with E-state index in [0.29, 0.717) is 19.4 Å². The molecular weight excluding hydrogens is 276 g/mol. The molecule has 21 heavy (non-hydrogen) atoms. The molecule has 1 aliphatic rings. The lowest BCUT2D eigenvalue weighted by Gasteiger charge is -2.31. The van der Waals surface area contributed by atoms with Gasteiger partial charge in [0, 0.05) is 12.0 Å². The highest BCUT2D eigenvalue weighted by Gasteiger charge is 2.39. The summed E-state index contributed by atoms with van der Waals surface area (Å²) in [5, 5.41) is 20.7. The lowest BCUT2D eigenvalue weighted by atomic mass is 9.94. The molecule has 3 atom stereocenters. The van der Waals surface area contributed by atoms with Crippen LogP contribution in [0.15, 0.2) is 0 Å². The summed E-state index contributed by atoms with van der Waals surface area (Å²) in [5.74, 6) is -1.97. The number of carboxylic acids is 1. The number of hydrogen-bond acceptors (Lipinski definition) is 4. The summed E-state index contributed by atoms with van der Waals surface area (Å²) in [5.41, 5.74) is -0.598. The molecule has 0 aromatic rings. The highest BCUT2D eigenvalue weighted by atomic mass is 16.4. The number of aliphatic hydroxyl groups excluding tert-OH is 1. The topological polar surface area (TPSA) is 107 Å². The van der Waals surface area contributed by atoms with Gasteiger partial charge >= 0.3 is 5.97 Å². The van der Waals surface area contributed by atoms with Gasteiger partial charge in [0.05, 0.1) is 6.10 Å². The third-order valence-corrected chi connectivity index (χ3v) is 3.50. The van der Waals surface area contributed by atoms with Crippen LogP contribution in [0.1, 0.15) is 40.5 Å². The minimum absolute atomic E-state index is 0.135.